The monoisotopic (exact) mass is 387 g/mol. The number of likely N-dealkylation sites (tertiary alicyclic amines) is 1. The Balaban J connectivity index is 1.25. The fraction of sp³-hybridized carbons (Fsp3) is 0.500. The van der Waals surface area contributed by atoms with Crippen LogP contribution in [0.4, 0.5) is 4.39 Å². The Kier molecular flexibility index (Phi) is 5.67. The first-order valence-corrected chi connectivity index (χ1v) is 9.99. The molecule has 4 rings (SSSR count). The number of rotatable bonds is 5. The van der Waals surface area contributed by atoms with Crippen molar-refractivity contribution < 1.29 is 23.1 Å². The van der Waals surface area contributed by atoms with Crippen LogP contribution >= 0.6 is 0 Å². The molecular weight excluding hydrogens is 361 g/mol. The van der Waals surface area contributed by atoms with Crippen molar-refractivity contribution in [1.82, 2.24) is 4.90 Å². The molecule has 6 heteroatoms. The summed E-state index contributed by atoms with van der Waals surface area (Å²) in [6, 6.07) is 9.59. The molecule has 0 radical (unpaired) electrons. The summed E-state index contributed by atoms with van der Waals surface area (Å²) in [4.78, 5) is 14.3. The van der Waals surface area contributed by atoms with E-state index in [0.29, 0.717) is 37.1 Å². The maximum Gasteiger partial charge on any atom is 0.289 e. The van der Waals surface area contributed by atoms with E-state index in [1.165, 1.54) is 18.4 Å². The number of hydrogen-bond acceptors (Lipinski definition) is 4. The molecule has 2 fully saturated rings. The minimum Gasteiger partial charge on any atom is -0.494 e. The number of piperidine rings is 1. The number of carbonyl (C=O) groups excluding carboxylic acids is 1. The van der Waals surface area contributed by atoms with Gasteiger partial charge in [-0.1, -0.05) is 0 Å². The zero-order valence-electron chi connectivity index (χ0n) is 15.9. The van der Waals surface area contributed by atoms with Crippen molar-refractivity contribution in [1.29, 1.82) is 0 Å². The number of hydrogen-bond donors (Lipinski definition) is 0. The highest BCUT2D eigenvalue weighted by molar-refractivity contribution is 5.91. The predicted molar refractivity (Wildman–Crippen MR) is 102 cm³/mol. The minimum atomic E-state index is -0.254. The van der Waals surface area contributed by atoms with Gasteiger partial charge in [0.25, 0.3) is 5.91 Å². The Bertz CT molecular complexity index is 766. The number of benzene rings is 1. The Morgan fingerprint density at radius 1 is 1.21 bits per heavy atom. The van der Waals surface area contributed by atoms with E-state index in [-0.39, 0.29) is 17.3 Å². The molecule has 28 heavy (non-hydrogen) atoms. The highest BCUT2D eigenvalue weighted by Gasteiger charge is 2.41. The van der Waals surface area contributed by atoms with Gasteiger partial charge in [0.15, 0.2) is 5.76 Å². The summed E-state index contributed by atoms with van der Waals surface area (Å²) in [6.07, 6.45) is 6.23. The molecule has 0 aliphatic carbocycles. The van der Waals surface area contributed by atoms with Gasteiger partial charge >= 0.3 is 0 Å². The van der Waals surface area contributed by atoms with Crippen molar-refractivity contribution in [2.45, 2.75) is 37.7 Å². The third-order valence-electron chi connectivity index (χ3n) is 5.90. The van der Waals surface area contributed by atoms with Crippen LogP contribution in [0.25, 0.3) is 0 Å². The highest BCUT2D eigenvalue weighted by Crippen LogP contribution is 2.39. The molecule has 150 valence electrons. The normalized spacial score (nSPS) is 21.6. The molecule has 1 unspecified atom stereocenters. The standard InChI is InChI=1S/C22H26FNO4/c23-18-3-5-19(6-4-18)26-14-7-17-8-15-28-22(16-17)9-11-24(12-10-22)21(25)20-2-1-13-27-20/h1-6,13,17H,7-12,14-16H2. The second-order valence-electron chi connectivity index (χ2n) is 7.75. The van der Waals surface area contributed by atoms with Crippen LogP contribution in [0.1, 0.15) is 42.7 Å². The van der Waals surface area contributed by atoms with Crippen LogP contribution in [-0.2, 0) is 4.74 Å². The van der Waals surface area contributed by atoms with Gasteiger partial charge in [0.1, 0.15) is 11.6 Å². The topological polar surface area (TPSA) is 51.9 Å². The molecule has 1 aromatic heterocycles. The summed E-state index contributed by atoms with van der Waals surface area (Å²) in [5.74, 6) is 1.35. The van der Waals surface area contributed by atoms with Gasteiger partial charge in [0, 0.05) is 19.7 Å². The van der Waals surface area contributed by atoms with Crippen molar-refractivity contribution in [3.05, 3.63) is 54.2 Å². The second kappa shape index (κ2) is 8.35. The fourth-order valence-corrected chi connectivity index (χ4v) is 4.27. The van der Waals surface area contributed by atoms with Gasteiger partial charge in [-0.25, -0.2) is 4.39 Å². The first-order chi connectivity index (χ1) is 13.6. The SMILES string of the molecule is O=C(c1ccco1)N1CCC2(CC1)CC(CCOc1ccc(F)cc1)CCO2. The average Bonchev–Trinajstić information content (AvgIpc) is 3.25. The predicted octanol–water partition coefficient (Wildman–Crippen LogP) is 4.29. The summed E-state index contributed by atoms with van der Waals surface area (Å²) in [5.41, 5.74) is -0.126. The number of furan rings is 1. The van der Waals surface area contributed by atoms with E-state index in [9.17, 15) is 9.18 Å². The lowest BCUT2D eigenvalue weighted by Crippen LogP contribution is -2.50. The average molecular weight is 387 g/mol. The van der Waals surface area contributed by atoms with Crippen LogP contribution in [-0.4, -0.2) is 42.7 Å². The molecule has 2 aliphatic heterocycles. The Hall–Kier alpha value is -2.34. The number of halogens is 1. The zero-order valence-corrected chi connectivity index (χ0v) is 15.9. The molecule has 1 amide bonds. The number of nitrogens with zero attached hydrogens (tertiary/aromatic N) is 1. The van der Waals surface area contributed by atoms with Crippen molar-refractivity contribution in [3.8, 4) is 5.75 Å². The molecular formula is C22H26FNO4. The Morgan fingerprint density at radius 2 is 2.00 bits per heavy atom. The Morgan fingerprint density at radius 3 is 2.71 bits per heavy atom. The molecule has 1 aromatic carbocycles. The van der Waals surface area contributed by atoms with Crippen molar-refractivity contribution in [2.75, 3.05) is 26.3 Å². The second-order valence-corrected chi connectivity index (χ2v) is 7.75. The lowest BCUT2D eigenvalue weighted by Gasteiger charge is -2.46. The number of amides is 1. The molecule has 2 saturated heterocycles. The van der Waals surface area contributed by atoms with Crippen molar-refractivity contribution >= 4 is 5.91 Å². The minimum absolute atomic E-state index is 0.0418. The van der Waals surface area contributed by atoms with E-state index in [1.54, 1.807) is 24.3 Å². The number of carbonyl (C=O) groups is 1. The van der Waals surface area contributed by atoms with E-state index in [1.807, 2.05) is 4.90 Å². The molecule has 0 bridgehead atoms. The molecule has 1 spiro atoms. The third kappa shape index (κ3) is 4.38. The van der Waals surface area contributed by atoms with Crippen LogP contribution in [0.15, 0.2) is 47.1 Å². The first-order valence-electron chi connectivity index (χ1n) is 9.99. The van der Waals surface area contributed by atoms with Crippen LogP contribution in [0.2, 0.25) is 0 Å². The summed E-state index contributed by atoms with van der Waals surface area (Å²) in [6.45, 7) is 2.76. The van der Waals surface area contributed by atoms with E-state index >= 15 is 0 Å². The van der Waals surface area contributed by atoms with Crippen LogP contribution in [0, 0.1) is 11.7 Å². The van der Waals surface area contributed by atoms with Gasteiger partial charge < -0.3 is 18.8 Å². The lowest BCUT2D eigenvalue weighted by molar-refractivity contribution is -0.125. The van der Waals surface area contributed by atoms with Gasteiger partial charge in [-0.3, -0.25) is 4.79 Å². The van der Waals surface area contributed by atoms with Crippen LogP contribution in [0.3, 0.4) is 0 Å². The fourth-order valence-electron chi connectivity index (χ4n) is 4.27. The van der Waals surface area contributed by atoms with E-state index in [4.69, 9.17) is 13.9 Å². The van der Waals surface area contributed by atoms with E-state index in [2.05, 4.69) is 0 Å². The van der Waals surface area contributed by atoms with Gasteiger partial charge in [-0.15, -0.1) is 0 Å². The van der Waals surface area contributed by atoms with Crippen LogP contribution in [0.5, 0.6) is 5.75 Å². The highest BCUT2D eigenvalue weighted by atomic mass is 19.1. The van der Waals surface area contributed by atoms with Crippen LogP contribution < -0.4 is 4.74 Å². The maximum absolute atomic E-state index is 13.0. The molecule has 2 aliphatic rings. The molecule has 2 aromatic rings. The Labute approximate surface area is 164 Å². The summed E-state index contributed by atoms with van der Waals surface area (Å²) in [7, 11) is 0. The molecule has 0 N–H and O–H groups in total. The van der Waals surface area contributed by atoms with Crippen molar-refractivity contribution in [2.24, 2.45) is 5.92 Å². The maximum atomic E-state index is 13.0. The summed E-state index contributed by atoms with van der Waals surface area (Å²) < 4.78 is 30.1. The summed E-state index contributed by atoms with van der Waals surface area (Å²) in [5, 5.41) is 0. The van der Waals surface area contributed by atoms with Gasteiger partial charge in [-0.05, 0) is 74.4 Å². The van der Waals surface area contributed by atoms with Gasteiger partial charge in [0.05, 0.1) is 18.5 Å². The largest absolute Gasteiger partial charge is 0.494 e. The molecule has 5 nitrogen and oxygen atoms in total. The third-order valence-corrected chi connectivity index (χ3v) is 5.90. The van der Waals surface area contributed by atoms with E-state index in [0.717, 1.165) is 38.7 Å². The summed E-state index contributed by atoms with van der Waals surface area (Å²) >= 11 is 0. The van der Waals surface area contributed by atoms with Gasteiger partial charge in [-0.2, -0.15) is 0 Å². The quantitative estimate of drug-likeness (QED) is 0.768. The molecule has 1 atom stereocenters. The molecule has 0 saturated carbocycles. The first kappa shape index (κ1) is 19.0. The lowest BCUT2D eigenvalue weighted by atomic mass is 9.78. The molecule has 3 heterocycles. The zero-order chi connectivity index (χ0) is 19.4. The van der Waals surface area contributed by atoms with Crippen molar-refractivity contribution in [3.63, 3.8) is 0 Å². The van der Waals surface area contributed by atoms with Gasteiger partial charge in [0.2, 0.25) is 0 Å². The van der Waals surface area contributed by atoms with E-state index < -0.39 is 0 Å². The smallest absolute Gasteiger partial charge is 0.289 e. The number of ether oxygens (including phenoxy) is 2.